The number of hydrogen-bond acceptors (Lipinski definition) is 6. The first-order valence-corrected chi connectivity index (χ1v) is 10.9. The molecule has 1 unspecified atom stereocenters. The van der Waals surface area contributed by atoms with E-state index in [1.165, 1.54) is 21.9 Å². The number of aryl methyl sites for hydroxylation is 1. The van der Waals surface area contributed by atoms with Crippen molar-refractivity contribution in [1.29, 1.82) is 0 Å². The molecule has 8 heteroatoms. The number of anilines is 2. The van der Waals surface area contributed by atoms with Crippen LogP contribution in [0, 0.1) is 0 Å². The van der Waals surface area contributed by atoms with Crippen molar-refractivity contribution in [2.75, 3.05) is 5.32 Å². The lowest BCUT2D eigenvalue weighted by Crippen LogP contribution is -2.15. The van der Waals surface area contributed by atoms with Crippen LogP contribution in [0.15, 0.2) is 70.4 Å². The number of rotatable bonds is 6. The van der Waals surface area contributed by atoms with E-state index in [4.69, 9.17) is 0 Å². The van der Waals surface area contributed by atoms with Gasteiger partial charge in [0.1, 0.15) is 0 Å². The Labute approximate surface area is 168 Å². The standard InChI is InChI=1S/C20H18N4O2S2/c1-2-15-12-18(25)24-20(22-15)27-19(23-24)21-16-8-6-7-14(11-16)13-28(26)17-9-4-3-5-10-17/h3-12H,2,13H2,1H3,(H,21,23). The third-order valence-electron chi connectivity index (χ3n) is 4.14. The Bertz CT molecular complexity index is 1200. The number of aromatic nitrogens is 3. The number of nitrogens with zero attached hydrogens (tertiary/aromatic N) is 3. The minimum absolute atomic E-state index is 0.182. The van der Waals surface area contributed by atoms with Gasteiger partial charge in [-0.05, 0) is 36.2 Å². The molecule has 28 heavy (non-hydrogen) atoms. The van der Waals surface area contributed by atoms with Crippen molar-refractivity contribution in [2.45, 2.75) is 24.0 Å². The van der Waals surface area contributed by atoms with Gasteiger partial charge in [-0.1, -0.05) is 48.6 Å². The molecule has 0 saturated heterocycles. The second-order valence-corrected chi connectivity index (χ2v) is 8.58. The molecule has 0 spiro atoms. The van der Waals surface area contributed by atoms with Crippen molar-refractivity contribution < 1.29 is 4.21 Å². The van der Waals surface area contributed by atoms with Gasteiger partial charge in [0.25, 0.3) is 5.56 Å². The Hall–Kier alpha value is -2.84. The molecule has 0 radical (unpaired) electrons. The second-order valence-electron chi connectivity index (χ2n) is 6.17. The predicted octanol–water partition coefficient (Wildman–Crippen LogP) is 3.76. The summed E-state index contributed by atoms with van der Waals surface area (Å²) >= 11 is 1.32. The zero-order valence-electron chi connectivity index (χ0n) is 15.2. The highest BCUT2D eigenvalue weighted by molar-refractivity contribution is 7.84. The van der Waals surface area contributed by atoms with E-state index in [0.717, 1.165) is 21.8 Å². The van der Waals surface area contributed by atoms with Gasteiger partial charge in [-0.2, -0.15) is 4.52 Å². The molecule has 0 aliphatic carbocycles. The van der Waals surface area contributed by atoms with Crippen LogP contribution < -0.4 is 10.9 Å². The largest absolute Gasteiger partial charge is 0.330 e. The minimum atomic E-state index is -1.10. The van der Waals surface area contributed by atoms with Crippen molar-refractivity contribution in [3.8, 4) is 0 Å². The van der Waals surface area contributed by atoms with Gasteiger partial charge in [0.15, 0.2) is 0 Å². The van der Waals surface area contributed by atoms with E-state index in [-0.39, 0.29) is 5.56 Å². The maximum atomic E-state index is 12.5. The fourth-order valence-electron chi connectivity index (χ4n) is 2.76. The molecule has 1 N–H and O–H groups in total. The molecule has 4 rings (SSSR count). The van der Waals surface area contributed by atoms with E-state index in [1.807, 2.05) is 61.5 Å². The van der Waals surface area contributed by atoms with Crippen LogP contribution in [0.5, 0.6) is 0 Å². The summed E-state index contributed by atoms with van der Waals surface area (Å²) in [6.07, 6.45) is 0.701. The lowest BCUT2D eigenvalue weighted by Gasteiger charge is -2.06. The van der Waals surface area contributed by atoms with Gasteiger partial charge in [-0.15, -0.1) is 5.10 Å². The van der Waals surface area contributed by atoms with Crippen LogP contribution >= 0.6 is 11.3 Å². The van der Waals surface area contributed by atoms with Crippen LogP contribution in [0.1, 0.15) is 18.2 Å². The first kappa shape index (κ1) is 18.5. The molecule has 1 atom stereocenters. The molecule has 142 valence electrons. The average Bonchev–Trinajstić information content (AvgIpc) is 3.11. The Kier molecular flexibility index (Phi) is 5.31. The van der Waals surface area contributed by atoms with Gasteiger partial charge in [0, 0.05) is 22.3 Å². The highest BCUT2D eigenvalue weighted by atomic mass is 32.2. The van der Waals surface area contributed by atoms with E-state index in [2.05, 4.69) is 15.4 Å². The van der Waals surface area contributed by atoms with Gasteiger partial charge in [0.2, 0.25) is 10.1 Å². The number of nitrogens with one attached hydrogen (secondary N) is 1. The van der Waals surface area contributed by atoms with E-state index in [0.29, 0.717) is 22.3 Å². The lowest BCUT2D eigenvalue weighted by atomic mass is 10.2. The Morgan fingerprint density at radius 3 is 2.71 bits per heavy atom. The summed E-state index contributed by atoms with van der Waals surface area (Å²) < 4.78 is 13.8. The molecule has 2 aromatic carbocycles. The SMILES string of the molecule is CCc1cc(=O)n2nc(Nc3cccc(CS(=O)c4ccccc4)c3)sc2n1. The highest BCUT2D eigenvalue weighted by Crippen LogP contribution is 2.23. The molecule has 0 bridgehead atoms. The fraction of sp³-hybridized carbons (Fsp3) is 0.150. The van der Waals surface area contributed by atoms with Crippen molar-refractivity contribution >= 4 is 37.9 Å². The molecule has 0 saturated carbocycles. The van der Waals surface area contributed by atoms with Gasteiger partial charge in [0.05, 0.1) is 16.6 Å². The van der Waals surface area contributed by atoms with Crippen LogP contribution in [0.3, 0.4) is 0 Å². The Morgan fingerprint density at radius 1 is 1.11 bits per heavy atom. The third kappa shape index (κ3) is 4.02. The second kappa shape index (κ2) is 8.04. The third-order valence-corrected chi connectivity index (χ3v) is 6.36. The molecule has 0 aliphatic rings. The molecular weight excluding hydrogens is 392 g/mol. The summed E-state index contributed by atoms with van der Waals surface area (Å²) in [6, 6.07) is 18.6. The topological polar surface area (TPSA) is 76.4 Å². The van der Waals surface area contributed by atoms with Gasteiger partial charge >= 0.3 is 0 Å². The van der Waals surface area contributed by atoms with Gasteiger partial charge < -0.3 is 5.32 Å². The molecule has 0 aliphatic heterocycles. The quantitative estimate of drug-likeness (QED) is 0.524. The molecular formula is C20H18N4O2S2. The Morgan fingerprint density at radius 2 is 1.93 bits per heavy atom. The van der Waals surface area contributed by atoms with Crippen molar-refractivity contribution in [3.05, 3.63) is 82.3 Å². The number of benzene rings is 2. The summed E-state index contributed by atoms with van der Waals surface area (Å²) in [5.74, 6) is 0.431. The molecule has 6 nitrogen and oxygen atoms in total. The van der Waals surface area contributed by atoms with Gasteiger partial charge in [-0.25, -0.2) is 4.98 Å². The maximum Gasteiger partial charge on any atom is 0.275 e. The first-order valence-electron chi connectivity index (χ1n) is 8.81. The smallest absolute Gasteiger partial charge is 0.275 e. The summed E-state index contributed by atoms with van der Waals surface area (Å²) in [4.78, 5) is 18.0. The molecule has 2 aromatic heterocycles. The predicted molar refractivity (Wildman–Crippen MR) is 113 cm³/mol. The van der Waals surface area contributed by atoms with Gasteiger partial charge in [-0.3, -0.25) is 9.00 Å². The van der Waals surface area contributed by atoms with Crippen LogP contribution in [0.2, 0.25) is 0 Å². The molecule has 4 aromatic rings. The summed E-state index contributed by atoms with van der Waals surface area (Å²) in [7, 11) is -1.10. The van der Waals surface area contributed by atoms with Crippen molar-refractivity contribution in [1.82, 2.24) is 14.6 Å². The maximum absolute atomic E-state index is 12.5. The van der Waals surface area contributed by atoms with Crippen LogP contribution in [0.25, 0.3) is 4.96 Å². The number of fused-ring (bicyclic) bond motifs is 1. The van der Waals surface area contributed by atoms with Crippen LogP contribution in [-0.4, -0.2) is 18.8 Å². The zero-order valence-corrected chi connectivity index (χ0v) is 16.8. The average molecular weight is 411 g/mol. The van der Waals surface area contributed by atoms with Crippen LogP contribution in [0.4, 0.5) is 10.8 Å². The summed E-state index contributed by atoms with van der Waals surface area (Å²) in [5.41, 5.74) is 2.35. The first-order chi connectivity index (χ1) is 13.6. The van der Waals surface area contributed by atoms with Crippen molar-refractivity contribution in [2.24, 2.45) is 0 Å². The zero-order chi connectivity index (χ0) is 19.5. The number of hydrogen-bond donors (Lipinski definition) is 1. The highest BCUT2D eigenvalue weighted by Gasteiger charge is 2.10. The monoisotopic (exact) mass is 410 g/mol. The molecule has 0 fully saturated rings. The molecule has 0 amide bonds. The van der Waals surface area contributed by atoms with E-state index in [1.54, 1.807) is 0 Å². The lowest BCUT2D eigenvalue weighted by molar-refractivity contribution is 0.682. The van der Waals surface area contributed by atoms with Crippen molar-refractivity contribution in [3.63, 3.8) is 0 Å². The summed E-state index contributed by atoms with van der Waals surface area (Å²) in [5, 5.41) is 8.11. The fourth-order valence-corrected chi connectivity index (χ4v) is 4.71. The summed E-state index contributed by atoms with van der Waals surface area (Å²) in [6.45, 7) is 1.96. The molecule has 2 heterocycles. The van der Waals surface area contributed by atoms with E-state index >= 15 is 0 Å². The Balaban J connectivity index is 1.55. The van der Waals surface area contributed by atoms with E-state index in [9.17, 15) is 9.00 Å². The van der Waals surface area contributed by atoms with E-state index < -0.39 is 10.8 Å². The van der Waals surface area contributed by atoms with Crippen LogP contribution in [-0.2, 0) is 23.0 Å². The minimum Gasteiger partial charge on any atom is -0.330 e. The normalized spacial score (nSPS) is 12.2.